The van der Waals surface area contributed by atoms with Crippen molar-refractivity contribution in [2.45, 2.75) is 26.8 Å². The Labute approximate surface area is 171 Å². The minimum Gasteiger partial charge on any atom is -0.352 e. The number of aromatic nitrogens is 2. The van der Waals surface area contributed by atoms with Gasteiger partial charge in [0.05, 0.1) is 18.3 Å². The van der Waals surface area contributed by atoms with Gasteiger partial charge in [0.15, 0.2) is 0 Å². The van der Waals surface area contributed by atoms with E-state index in [4.69, 9.17) is 11.6 Å². The van der Waals surface area contributed by atoms with Gasteiger partial charge in [0.1, 0.15) is 0 Å². The van der Waals surface area contributed by atoms with E-state index in [2.05, 4.69) is 29.2 Å². The zero-order chi connectivity index (χ0) is 19.9. The van der Waals surface area contributed by atoms with Crippen LogP contribution < -0.4 is 5.32 Å². The first kappa shape index (κ1) is 20.4. The maximum absolute atomic E-state index is 12.5. The molecule has 0 saturated heterocycles. The number of halogens is 1. The molecular formula is C22H27ClN4O. The molecule has 3 aromatic rings. The number of carbonyl (C=O) groups excluding carboxylic acids is 1. The van der Waals surface area contributed by atoms with Gasteiger partial charge in [-0.2, -0.15) is 5.10 Å². The van der Waals surface area contributed by atoms with E-state index in [1.54, 1.807) is 0 Å². The van der Waals surface area contributed by atoms with Gasteiger partial charge in [0.25, 0.3) is 5.91 Å². The smallest absolute Gasteiger partial charge is 0.251 e. The Morgan fingerprint density at radius 3 is 2.61 bits per heavy atom. The molecule has 1 N–H and O–H groups in total. The molecule has 0 saturated carbocycles. The van der Waals surface area contributed by atoms with Crippen LogP contribution in [0, 0.1) is 0 Å². The molecule has 1 heterocycles. The lowest BCUT2D eigenvalue weighted by Crippen LogP contribution is -2.29. The van der Waals surface area contributed by atoms with Gasteiger partial charge >= 0.3 is 0 Å². The van der Waals surface area contributed by atoms with Crippen LogP contribution >= 0.6 is 11.6 Å². The Kier molecular flexibility index (Phi) is 7.06. The summed E-state index contributed by atoms with van der Waals surface area (Å²) >= 11 is 5.96. The van der Waals surface area contributed by atoms with Crippen molar-refractivity contribution in [1.82, 2.24) is 20.0 Å². The number of benzene rings is 2. The molecule has 0 aliphatic carbocycles. The molecule has 0 bridgehead atoms. The quantitative estimate of drug-likeness (QED) is 0.549. The molecule has 0 spiro atoms. The summed E-state index contributed by atoms with van der Waals surface area (Å²) in [5.41, 5.74) is 2.72. The van der Waals surface area contributed by atoms with Crippen LogP contribution in [0.4, 0.5) is 0 Å². The second-order valence-corrected chi connectivity index (χ2v) is 7.28. The van der Waals surface area contributed by atoms with E-state index < -0.39 is 0 Å². The van der Waals surface area contributed by atoms with Crippen molar-refractivity contribution in [2.75, 3.05) is 26.2 Å². The van der Waals surface area contributed by atoms with Crippen LogP contribution in [0.15, 0.2) is 48.7 Å². The Morgan fingerprint density at radius 1 is 1.14 bits per heavy atom. The predicted molar refractivity (Wildman–Crippen MR) is 115 cm³/mol. The molecule has 1 amide bonds. The Balaban J connectivity index is 1.65. The monoisotopic (exact) mass is 398 g/mol. The van der Waals surface area contributed by atoms with Crippen molar-refractivity contribution in [2.24, 2.45) is 0 Å². The first-order chi connectivity index (χ1) is 13.6. The average molecular weight is 399 g/mol. The second-order valence-electron chi connectivity index (χ2n) is 6.84. The molecule has 0 aliphatic heterocycles. The van der Waals surface area contributed by atoms with Gasteiger partial charge in [0.2, 0.25) is 0 Å². The lowest BCUT2D eigenvalue weighted by molar-refractivity contribution is 0.0952. The van der Waals surface area contributed by atoms with Crippen LogP contribution in [0.1, 0.15) is 36.2 Å². The molecule has 0 unspecified atom stereocenters. The molecule has 148 valence electrons. The normalized spacial score (nSPS) is 11.3. The van der Waals surface area contributed by atoms with Gasteiger partial charge in [-0.1, -0.05) is 43.6 Å². The maximum Gasteiger partial charge on any atom is 0.251 e. The van der Waals surface area contributed by atoms with Gasteiger partial charge in [-0.3, -0.25) is 9.48 Å². The molecular weight excluding hydrogens is 372 g/mol. The van der Waals surface area contributed by atoms with Gasteiger partial charge in [-0.15, -0.1) is 0 Å². The number of nitrogens with zero attached hydrogens (tertiary/aromatic N) is 3. The molecule has 0 aliphatic rings. The Morgan fingerprint density at radius 2 is 1.89 bits per heavy atom. The topological polar surface area (TPSA) is 50.2 Å². The third kappa shape index (κ3) is 5.12. The number of hydrogen-bond donors (Lipinski definition) is 1. The van der Waals surface area contributed by atoms with Crippen molar-refractivity contribution in [3.63, 3.8) is 0 Å². The van der Waals surface area contributed by atoms with Crippen LogP contribution in [0.3, 0.4) is 0 Å². The molecule has 0 fully saturated rings. The highest BCUT2D eigenvalue weighted by Crippen LogP contribution is 2.18. The first-order valence-corrected chi connectivity index (χ1v) is 10.2. The molecule has 0 radical (unpaired) electrons. The summed E-state index contributed by atoms with van der Waals surface area (Å²) in [5.74, 6) is -0.0410. The average Bonchev–Trinajstić information content (AvgIpc) is 3.11. The fraction of sp³-hybridized carbons (Fsp3) is 0.364. The van der Waals surface area contributed by atoms with E-state index >= 15 is 0 Å². The van der Waals surface area contributed by atoms with Crippen molar-refractivity contribution in [3.8, 4) is 0 Å². The Bertz CT molecular complexity index is 916. The third-order valence-corrected chi connectivity index (χ3v) is 5.24. The number of rotatable bonds is 9. The lowest BCUT2D eigenvalue weighted by Gasteiger charge is -2.17. The maximum atomic E-state index is 12.5. The first-order valence-electron chi connectivity index (χ1n) is 9.81. The summed E-state index contributed by atoms with van der Waals surface area (Å²) in [4.78, 5) is 14.9. The van der Waals surface area contributed by atoms with E-state index in [0.29, 0.717) is 23.7 Å². The number of hydrogen-bond acceptors (Lipinski definition) is 3. The van der Waals surface area contributed by atoms with Crippen LogP contribution in [0.25, 0.3) is 10.9 Å². The number of nitrogens with one attached hydrogen (secondary N) is 1. The summed E-state index contributed by atoms with van der Waals surface area (Å²) < 4.78 is 1.91. The van der Waals surface area contributed by atoms with Crippen molar-refractivity contribution in [3.05, 3.63) is 64.8 Å². The summed E-state index contributed by atoms with van der Waals surface area (Å²) in [7, 11) is 0. The highest BCUT2D eigenvalue weighted by atomic mass is 35.5. The summed E-state index contributed by atoms with van der Waals surface area (Å²) in [6.45, 7) is 8.71. The fourth-order valence-corrected chi connectivity index (χ4v) is 3.37. The van der Waals surface area contributed by atoms with Gasteiger partial charge < -0.3 is 10.2 Å². The zero-order valence-electron chi connectivity index (χ0n) is 16.5. The zero-order valence-corrected chi connectivity index (χ0v) is 17.2. The van der Waals surface area contributed by atoms with Gasteiger partial charge in [-0.25, -0.2) is 0 Å². The summed E-state index contributed by atoms with van der Waals surface area (Å²) in [5, 5.41) is 9.24. The molecule has 1 aromatic heterocycles. The number of fused-ring (bicyclic) bond motifs is 1. The highest BCUT2D eigenvalue weighted by Gasteiger charge is 2.10. The molecule has 2 aromatic carbocycles. The van der Waals surface area contributed by atoms with Crippen molar-refractivity contribution >= 4 is 28.4 Å². The lowest BCUT2D eigenvalue weighted by atomic mass is 10.1. The standard InChI is InChI=1S/C22H27ClN4O/c1-3-26(4-2)13-5-12-24-22(28)18-8-9-19-15-25-27(21(19)14-18)16-17-6-10-20(23)11-7-17/h6-11,14-15H,3-5,12-13,16H2,1-2H3,(H,24,28). The van der Waals surface area contributed by atoms with Gasteiger partial charge in [0, 0.05) is 22.5 Å². The molecule has 0 atom stereocenters. The van der Waals surface area contributed by atoms with E-state index in [1.165, 1.54) is 0 Å². The summed E-state index contributed by atoms with van der Waals surface area (Å²) in [6.07, 6.45) is 2.78. The minimum atomic E-state index is -0.0410. The van der Waals surface area contributed by atoms with Crippen LogP contribution in [0.2, 0.25) is 5.02 Å². The van der Waals surface area contributed by atoms with Crippen molar-refractivity contribution < 1.29 is 4.79 Å². The van der Waals surface area contributed by atoms with Crippen LogP contribution in [0.5, 0.6) is 0 Å². The molecule has 5 nitrogen and oxygen atoms in total. The van der Waals surface area contributed by atoms with Crippen LogP contribution in [-0.4, -0.2) is 46.8 Å². The van der Waals surface area contributed by atoms with Gasteiger partial charge in [-0.05, 0) is 55.9 Å². The Hall–Kier alpha value is -2.37. The minimum absolute atomic E-state index is 0.0410. The van der Waals surface area contributed by atoms with E-state index in [0.717, 1.165) is 42.5 Å². The van der Waals surface area contributed by atoms with E-state index in [1.807, 2.05) is 53.3 Å². The number of carbonyl (C=O) groups is 1. The van der Waals surface area contributed by atoms with E-state index in [-0.39, 0.29) is 5.91 Å². The van der Waals surface area contributed by atoms with E-state index in [9.17, 15) is 4.79 Å². The molecule has 6 heteroatoms. The fourth-order valence-electron chi connectivity index (χ4n) is 3.25. The second kappa shape index (κ2) is 9.71. The molecule has 3 rings (SSSR count). The number of amides is 1. The van der Waals surface area contributed by atoms with Crippen LogP contribution in [-0.2, 0) is 6.54 Å². The summed E-state index contributed by atoms with van der Waals surface area (Å²) in [6, 6.07) is 13.4. The third-order valence-electron chi connectivity index (χ3n) is 4.98. The van der Waals surface area contributed by atoms with Crippen molar-refractivity contribution in [1.29, 1.82) is 0 Å². The largest absolute Gasteiger partial charge is 0.352 e. The molecule has 28 heavy (non-hydrogen) atoms. The highest BCUT2D eigenvalue weighted by molar-refractivity contribution is 6.30. The predicted octanol–water partition coefficient (Wildman–Crippen LogP) is 4.20. The SMILES string of the molecule is CCN(CC)CCCNC(=O)c1ccc2cnn(Cc3ccc(Cl)cc3)c2c1.